The molecule has 0 unspecified atom stereocenters. The topological polar surface area (TPSA) is 0 Å². The van der Waals surface area contributed by atoms with Crippen molar-refractivity contribution in [2.75, 3.05) is 24.6 Å². The van der Waals surface area contributed by atoms with Crippen LogP contribution in [0.4, 0.5) is 0 Å². The van der Waals surface area contributed by atoms with E-state index in [0.717, 1.165) is 19.3 Å². The van der Waals surface area contributed by atoms with Gasteiger partial charge >= 0.3 is 374 Å². The molecule has 0 aliphatic carbocycles. The summed E-state index contributed by atoms with van der Waals surface area (Å²) in [6, 6.07) is 47.7. The van der Waals surface area contributed by atoms with Crippen LogP contribution in [0.25, 0.3) is 0 Å². The second-order valence-corrected chi connectivity index (χ2v) is 30.0. The first-order chi connectivity index (χ1) is 28.4. The molecule has 0 N–H and O–H groups in total. The van der Waals surface area contributed by atoms with Crippen molar-refractivity contribution in [3.8, 4) is 0 Å². The van der Waals surface area contributed by atoms with Crippen molar-refractivity contribution in [2.24, 2.45) is 21.7 Å². The Kier molecular flexibility index (Phi) is 18.7. The van der Waals surface area contributed by atoms with E-state index in [0.29, 0.717) is 16.2 Å². The van der Waals surface area contributed by atoms with Crippen LogP contribution in [0.1, 0.15) is 147 Å². The predicted molar refractivity (Wildman–Crippen MR) is 281 cm³/mol. The van der Waals surface area contributed by atoms with E-state index in [4.69, 9.17) is 0 Å². The van der Waals surface area contributed by atoms with Crippen LogP contribution in [0.2, 0.25) is 0 Å². The van der Waals surface area contributed by atoms with Gasteiger partial charge < -0.3 is 0 Å². The van der Waals surface area contributed by atoms with E-state index < -0.39 is 14.5 Å². The monoisotopic (exact) mass is 847 g/mol. The maximum atomic E-state index is 2.73. The van der Waals surface area contributed by atoms with Crippen molar-refractivity contribution < 1.29 is 0 Å². The van der Waals surface area contributed by atoms with Crippen LogP contribution in [0, 0.1) is 21.7 Å². The summed E-state index contributed by atoms with van der Waals surface area (Å²) < 4.78 is 0. The average molecular weight is 847 g/mol. The van der Waals surface area contributed by atoms with E-state index in [9.17, 15) is 0 Å². The molecule has 4 aromatic carbocycles. The van der Waals surface area contributed by atoms with Gasteiger partial charge in [-0.2, -0.15) is 0 Å². The van der Waals surface area contributed by atoms with Crippen molar-refractivity contribution in [1.82, 2.24) is 0 Å². The summed E-state index contributed by atoms with van der Waals surface area (Å²) in [5.41, 5.74) is 4.63. The van der Waals surface area contributed by atoms with Gasteiger partial charge in [0.05, 0.1) is 0 Å². The molecule has 0 radical (unpaired) electrons. The quantitative estimate of drug-likeness (QED) is 0.0460. The van der Waals surface area contributed by atoms with Crippen LogP contribution in [0.15, 0.2) is 145 Å². The van der Waals surface area contributed by atoms with E-state index in [-0.39, 0.29) is 5.41 Å². The summed E-state index contributed by atoms with van der Waals surface area (Å²) >= 11 is 0. The van der Waals surface area contributed by atoms with E-state index in [2.05, 4.69) is 217 Å². The molecule has 4 rings (SSSR count). The second kappa shape index (κ2) is 22.5. The van der Waals surface area contributed by atoms with Gasteiger partial charge in [0.2, 0.25) is 0 Å². The third kappa shape index (κ3) is 14.4. The molecule has 0 aliphatic heterocycles. The van der Waals surface area contributed by atoms with Gasteiger partial charge in [-0.1, -0.05) is 0 Å². The molecule has 0 saturated carbocycles. The van der Waals surface area contributed by atoms with Gasteiger partial charge in [0.1, 0.15) is 0 Å². The van der Waals surface area contributed by atoms with Gasteiger partial charge in [0.25, 0.3) is 0 Å². The Bertz CT molecular complexity index is 1800. The Morgan fingerprint density at radius 1 is 0.417 bits per heavy atom. The molecule has 0 atom stereocenters. The SMILES string of the molecule is CCC(C)(C)C/C=C(/CCC(C)(C)CC)C[PH](CC[PH](C/C(=C\CCC(C)(C)CC)CC(C)(C)CC)(c1ccccc1)c1ccccc1)(c1ccccc1)c1ccccc1. The molecule has 0 amide bonds. The summed E-state index contributed by atoms with van der Waals surface area (Å²) in [5.74, 6) is 0. The Balaban J connectivity index is 2.01. The predicted octanol–water partition coefficient (Wildman–Crippen LogP) is 15.7. The molecule has 330 valence electrons. The molecule has 60 heavy (non-hydrogen) atoms. The standard InChI is InChI=1S/C58H88P2/c1-13-55(5,6)41-29-30-50(46-58(11,12)16-4)48-60(53-35-25-19-26-36-53,54-37-27-20-28-38-54)45-44-59(51-31-21-17-22-32-51,52-33-23-18-24-34-52)47-49(39-42-56(7,8)14-2)40-43-57(9,10)15-3/h17-28,30-39,59-60H,13-16,29,40-48H2,1-12H3/b49-39-,50-30-. The van der Waals surface area contributed by atoms with Crippen molar-refractivity contribution in [1.29, 1.82) is 0 Å². The number of hydrogen-bond donors (Lipinski definition) is 0. The Morgan fingerprint density at radius 2 is 0.767 bits per heavy atom. The molecular formula is C58H88P2. The van der Waals surface area contributed by atoms with Crippen LogP contribution in [0.5, 0.6) is 0 Å². The van der Waals surface area contributed by atoms with Gasteiger partial charge in [-0.15, -0.1) is 0 Å². The summed E-state index contributed by atoms with van der Waals surface area (Å²) in [7, 11) is -4.83. The van der Waals surface area contributed by atoms with Crippen LogP contribution in [-0.2, 0) is 0 Å². The molecule has 0 saturated heterocycles. The van der Waals surface area contributed by atoms with Crippen molar-refractivity contribution >= 4 is 35.7 Å². The van der Waals surface area contributed by atoms with Crippen LogP contribution in [-0.4, -0.2) is 24.6 Å². The fourth-order valence-corrected chi connectivity index (χ4v) is 20.9. The molecular weight excluding hydrogens is 759 g/mol. The number of hydrogen-bond acceptors (Lipinski definition) is 0. The normalized spacial score (nSPS) is 14.3. The van der Waals surface area contributed by atoms with E-state index >= 15 is 0 Å². The first kappa shape index (κ1) is 49.9. The summed E-state index contributed by atoms with van der Waals surface area (Å²) in [4.78, 5) is 0. The summed E-state index contributed by atoms with van der Waals surface area (Å²) in [5, 5.41) is 6.39. The van der Waals surface area contributed by atoms with Crippen LogP contribution >= 0.6 is 14.5 Å². The zero-order valence-electron chi connectivity index (χ0n) is 40.6. The summed E-state index contributed by atoms with van der Waals surface area (Å²) in [6.07, 6.45) is 22.2. The molecule has 0 nitrogen and oxygen atoms in total. The molecule has 0 aromatic heterocycles. The average Bonchev–Trinajstić information content (AvgIpc) is 3.26. The number of allylic oxidation sites excluding steroid dienone is 4. The number of rotatable bonds is 25. The van der Waals surface area contributed by atoms with Crippen molar-refractivity contribution in [2.45, 2.75) is 147 Å². The Labute approximate surface area is 372 Å². The van der Waals surface area contributed by atoms with Gasteiger partial charge in [0, 0.05) is 0 Å². The Hall–Kier alpha value is -2.78. The molecule has 0 bridgehead atoms. The van der Waals surface area contributed by atoms with E-state index in [1.54, 1.807) is 32.4 Å². The third-order valence-corrected chi connectivity index (χ3v) is 25.8. The van der Waals surface area contributed by atoms with E-state index in [1.807, 2.05) is 0 Å². The molecule has 0 heterocycles. The minimum absolute atomic E-state index is 0.254. The zero-order chi connectivity index (χ0) is 43.9. The third-order valence-electron chi connectivity index (χ3n) is 15.2. The molecule has 4 aromatic rings. The van der Waals surface area contributed by atoms with Gasteiger partial charge in [-0.05, 0) is 0 Å². The van der Waals surface area contributed by atoms with Gasteiger partial charge in [0.15, 0.2) is 0 Å². The fourth-order valence-electron chi connectivity index (χ4n) is 9.02. The molecule has 0 aliphatic rings. The second-order valence-electron chi connectivity index (χ2n) is 21.7. The van der Waals surface area contributed by atoms with Gasteiger partial charge in [-0.25, -0.2) is 0 Å². The Morgan fingerprint density at radius 3 is 1.13 bits per heavy atom. The van der Waals surface area contributed by atoms with Gasteiger partial charge in [-0.3, -0.25) is 0 Å². The molecule has 2 heteroatoms. The van der Waals surface area contributed by atoms with E-state index in [1.165, 1.54) is 69.6 Å². The molecule has 0 spiro atoms. The first-order valence-corrected chi connectivity index (χ1v) is 28.9. The fraction of sp³-hybridized carbons (Fsp3) is 0.517. The number of benzene rings is 4. The minimum atomic E-state index is -2.42. The van der Waals surface area contributed by atoms with Crippen molar-refractivity contribution in [3.63, 3.8) is 0 Å². The zero-order valence-corrected chi connectivity index (χ0v) is 42.6. The molecule has 0 fully saturated rings. The summed E-state index contributed by atoms with van der Waals surface area (Å²) in [6.45, 7) is 29.3. The van der Waals surface area contributed by atoms with Crippen LogP contribution in [0.3, 0.4) is 0 Å². The first-order valence-electron chi connectivity index (χ1n) is 24.0. The van der Waals surface area contributed by atoms with Crippen molar-refractivity contribution in [3.05, 3.63) is 145 Å². The van der Waals surface area contributed by atoms with Crippen LogP contribution < -0.4 is 21.2 Å². The maximum absolute atomic E-state index is 2.73.